The zero-order valence-electron chi connectivity index (χ0n) is 18.3. The first kappa shape index (κ1) is 22.6. The molecule has 0 fully saturated rings. The molecule has 11 nitrogen and oxygen atoms in total. The summed E-state index contributed by atoms with van der Waals surface area (Å²) in [7, 11) is 0. The molecule has 0 saturated carbocycles. The third-order valence-corrected chi connectivity index (χ3v) is 4.99. The number of H-pyrrole nitrogens is 1. The number of aromatic amines is 1. The molecule has 0 unspecified atom stereocenters. The summed E-state index contributed by atoms with van der Waals surface area (Å²) in [6.07, 6.45) is 1.01. The van der Waals surface area contributed by atoms with E-state index in [0.717, 1.165) is 34.3 Å². The largest absolute Gasteiger partial charge is 0.350 e. The molecule has 3 aromatic heterocycles. The summed E-state index contributed by atoms with van der Waals surface area (Å²) in [5.74, 6) is -0.841. The van der Waals surface area contributed by atoms with Gasteiger partial charge in [0.05, 0.1) is 17.9 Å². The van der Waals surface area contributed by atoms with Crippen molar-refractivity contribution in [3.8, 4) is 11.5 Å². The molecule has 0 aliphatic carbocycles. The van der Waals surface area contributed by atoms with Crippen molar-refractivity contribution in [3.63, 3.8) is 0 Å². The van der Waals surface area contributed by atoms with Crippen molar-refractivity contribution in [3.05, 3.63) is 103 Å². The fraction of sp³-hybridized carbons (Fsp3) is 0.182. The summed E-state index contributed by atoms with van der Waals surface area (Å²) in [4.78, 5) is 52.0. The van der Waals surface area contributed by atoms with Crippen molar-refractivity contribution in [1.29, 1.82) is 0 Å². The third kappa shape index (κ3) is 4.46. The lowest BCUT2D eigenvalue weighted by molar-refractivity contribution is 0.0949. The van der Waals surface area contributed by atoms with Crippen LogP contribution in [0.1, 0.15) is 21.7 Å². The van der Waals surface area contributed by atoms with E-state index < -0.39 is 23.0 Å². The maximum atomic E-state index is 13.2. The fourth-order valence-corrected chi connectivity index (χ4v) is 3.40. The Morgan fingerprint density at radius 1 is 1.06 bits per heavy atom. The summed E-state index contributed by atoms with van der Waals surface area (Å²) < 4.78 is 16.7. The van der Waals surface area contributed by atoms with E-state index in [-0.39, 0.29) is 29.9 Å². The second-order valence-electron chi connectivity index (χ2n) is 7.47. The molecule has 174 valence electrons. The Balaban J connectivity index is 1.52. The number of benzene rings is 1. The van der Waals surface area contributed by atoms with E-state index >= 15 is 0 Å². The van der Waals surface area contributed by atoms with Crippen LogP contribution in [0.2, 0.25) is 0 Å². The third-order valence-electron chi connectivity index (χ3n) is 4.99. The molecule has 3 heterocycles. The molecule has 0 aliphatic rings. The summed E-state index contributed by atoms with van der Waals surface area (Å²) in [5, 5.41) is 11.2. The number of hydrogen-bond acceptors (Lipinski definition) is 6. The van der Waals surface area contributed by atoms with E-state index in [4.69, 9.17) is 0 Å². The van der Waals surface area contributed by atoms with Crippen LogP contribution in [0.5, 0.6) is 0 Å². The highest BCUT2D eigenvalue weighted by Crippen LogP contribution is 2.08. The number of nitrogens with one attached hydrogen (secondary N) is 2. The zero-order valence-corrected chi connectivity index (χ0v) is 18.3. The molecular weight excluding hydrogens is 445 g/mol. The van der Waals surface area contributed by atoms with Gasteiger partial charge < -0.3 is 10.3 Å². The molecule has 0 radical (unpaired) electrons. The highest BCUT2D eigenvalue weighted by atomic mass is 19.1. The second-order valence-corrected chi connectivity index (χ2v) is 7.47. The van der Waals surface area contributed by atoms with E-state index in [1.165, 1.54) is 22.9 Å². The molecule has 1 aromatic carbocycles. The van der Waals surface area contributed by atoms with Crippen LogP contribution in [-0.4, -0.2) is 41.6 Å². The van der Waals surface area contributed by atoms with Crippen molar-refractivity contribution >= 4 is 5.91 Å². The van der Waals surface area contributed by atoms with Crippen molar-refractivity contribution in [2.24, 2.45) is 0 Å². The van der Waals surface area contributed by atoms with Crippen LogP contribution in [0, 0.1) is 19.7 Å². The summed E-state index contributed by atoms with van der Waals surface area (Å²) in [5.41, 5.74) is -0.572. The predicted octanol–water partition coefficient (Wildman–Crippen LogP) is 0.454. The monoisotopic (exact) mass is 465 g/mol. The average molecular weight is 465 g/mol. The van der Waals surface area contributed by atoms with Crippen LogP contribution in [0.25, 0.3) is 11.5 Å². The lowest BCUT2D eigenvalue weighted by Gasteiger charge is -2.10. The standard InChI is InChI=1S/C22H20FN7O4/c1-13-11-14(2)30(26-13)18-7-8-19(31)28(27-18)10-9-24-20(32)17-12-25-22(34)29(21(17)33)16-5-3-15(23)4-6-16/h3-8,11-12H,9-10H2,1-2H3,(H,24,32)(H,25,34). The Labute approximate surface area is 191 Å². The van der Waals surface area contributed by atoms with Gasteiger partial charge in [-0.3, -0.25) is 14.4 Å². The molecule has 0 aliphatic heterocycles. The van der Waals surface area contributed by atoms with Gasteiger partial charge in [0.15, 0.2) is 5.82 Å². The van der Waals surface area contributed by atoms with Gasteiger partial charge in [-0.1, -0.05) is 0 Å². The molecule has 4 rings (SSSR count). The van der Waals surface area contributed by atoms with Gasteiger partial charge in [0.2, 0.25) is 0 Å². The van der Waals surface area contributed by atoms with Crippen molar-refractivity contribution in [1.82, 2.24) is 34.4 Å². The quantitative estimate of drug-likeness (QED) is 0.424. The Kier molecular flexibility index (Phi) is 6.04. The minimum Gasteiger partial charge on any atom is -0.350 e. The van der Waals surface area contributed by atoms with Gasteiger partial charge in [0, 0.05) is 24.5 Å². The first-order valence-electron chi connectivity index (χ1n) is 10.3. The number of rotatable bonds is 6. The van der Waals surface area contributed by atoms with Crippen LogP contribution in [0.15, 0.2) is 63.0 Å². The molecule has 0 bridgehead atoms. The summed E-state index contributed by atoms with van der Waals surface area (Å²) in [6.45, 7) is 3.73. The van der Waals surface area contributed by atoms with Crippen LogP contribution < -0.4 is 22.1 Å². The Morgan fingerprint density at radius 3 is 2.47 bits per heavy atom. The first-order valence-corrected chi connectivity index (χ1v) is 10.3. The topological polar surface area (TPSA) is 137 Å². The molecule has 2 N–H and O–H groups in total. The van der Waals surface area contributed by atoms with Crippen molar-refractivity contribution in [2.75, 3.05) is 6.54 Å². The molecule has 0 atom stereocenters. The van der Waals surface area contributed by atoms with Gasteiger partial charge in [-0.25, -0.2) is 23.1 Å². The molecule has 1 amide bonds. The van der Waals surface area contributed by atoms with Crippen LogP contribution >= 0.6 is 0 Å². The van der Waals surface area contributed by atoms with Crippen molar-refractivity contribution in [2.45, 2.75) is 20.4 Å². The number of amides is 1. The van der Waals surface area contributed by atoms with Crippen LogP contribution in [-0.2, 0) is 6.54 Å². The number of carbonyl (C=O) groups excluding carboxylic acids is 1. The van der Waals surface area contributed by atoms with Gasteiger partial charge >= 0.3 is 5.69 Å². The zero-order chi connectivity index (χ0) is 24.4. The van der Waals surface area contributed by atoms with E-state index in [0.29, 0.717) is 5.82 Å². The Bertz CT molecular complexity index is 1550. The van der Waals surface area contributed by atoms with E-state index in [2.05, 4.69) is 20.5 Å². The number of aryl methyl sites for hydroxylation is 2. The number of halogens is 1. The number of carbonyl (C=O) groups is 1. The molecular formula is C22H20FN7O4. The minimum atomic E-state index is -0.866. The van der Waals surface area contributed by atoms with Gasteiger partial charge in [-0.15, -0.1) is 5.10 Å². The number of nitrogens with zero attached hydrogens (tertiary/aromatic N) is 5. The summed E-state index contributed by atoms with van der Waals surface area (Å²) in [6, 6.07) is 9.47. The molecule has 12 heteroatoms. The Hall–Kier alpha value is -4.61. The van der Waals surface area contributed by atoms with Crippen LogP contribution in [0.4, 0.5) is 4.39 Å². The van der Waals surface area contributed by atoms with Crippen LogP contribution in [0.3, 0.4) is 0 Å². The predicted molar refractivity (Wildman–Crippen MR) is 120 cm³/mol. The van der Waals surface area contributed by atoms with E-state index in [9.17, 15) is 23.6 Å². The number of hydrogen-bond donors (Lipinski definition) is 2. The van der Waals surface area contributed by atoms with E-state index in [1.807, 2.05) is 19.9 Å². The fourth-order valence-electron chi connectivity index (χ4n) is 3.40. The molecule has 34 heavy (non-hydrogen) atoms. The highest BCUT2D eigenvalue weighted by molar-refractivity contribution is 5.93. The van der Waals surface area contributed by atoms with Gasteiger partial charge in [0.25, 0.3) is 17.0 Å². The lowest BCUT2D eigenvalue weighted by Crippen LogP contribution is -2.40. The van der Waals surface area contributed by atoms with Gasteiger partial charge in [0.1, 0.15) is 11.4 Å². The normalized spacial score (nSPS) is 10.9. The number of aromatic nitrogens is 6. The van der Waals surface area contributed by atoms with E-state index in [1.54, 1.807) is 10.7 Å². The lowest BCUT2D eigenvalue weighted by atomic mass is 10.2. The maximum absolute atomic E-state index is 13.2. The molecule has 4 aromatic rings. The summed E-state index contributed by atoms with van der Waals surface area (Å²) >= 11 is 0. The van der Waals surface area contributed by atoms with Gasteiger partial charge in [-0.2, -0.15) is 5.10 Å². The maximum Gasteiger partial charge on any atom is 0.333 e. The second kappa shape index (κ2) is 9.10. The highest BCUT2D eigenvalue weighted by Gasteiger charge is 2.16. The SMILES string of the molecule is Cc1cc(C)n(-c2ccc(=O)n(CCNC(=O)c3c[nH]c(=O)n(-c4ccc(F)cc4)c3=O)n2)n1. The minimum absolute atomic E-state index is 0.0125. The Morgan fingerprint density at radius 2 is 1.79 bits per heavy atom. The smallest absolute Gasteiger partial charge is 0.333 e. The average Bonchev–Trinajstić information content (AvgIpc) is 3.14. The first-order chi connectivity index (χ1) is 16.2. The van der Waals surface area contributed by atoms with Crippen molar-refractivity contribution < 1.29 is 9.18 Å². The molecule has 0 spiro atoms. The van der Waals surface area contributed by atoms with Gasteiger partial charge in [-0.05, 0) is 50.2 Å². The molecule has 0 saturated heterocycles.